The van der Waals surface area contributed by atoms with Gasteiger partial charge in [0.1, 0.15) is 17.4 Å². The number of amides is 1. The van der Waals surface area contributed by atoms with E-state index in [0.29, 0.717) is 18.4 Å². The standard InChI is InChI=1S/C23H26FN3O2/c1-3-23(28)26-12-10-18(11-13-26)27-20-9-8-17(24)15-19(20)25-22(27)14-16-6-4-5-7-21(16)29-2/h4-9,15,18H,3,10-14H2,1-2H3. The summed E-state index contributed by atoms with van der Waals surface area (Å²) in [6.07, 6.45) is 2.88. The Morgan fingerprint density at radius 1 is 1.21 bits per heavy atom. The first-order valence-corrected chi connectivity index (χ1v) is 10.2. The molecule has 2 heterocycles. The van der Waals surface area contributed by atoms with Crippen molar-refractivity contribution in [2.75, 3.05) is 20.2 Å². The van der Waals surface area contributed by atoms with Crippen LogP contribution in [0.5, 0.6) is 5.75 Å². The highest BCUT2D eigenvalue weighted by Crippen LogP contribution is 2.31. The van der Waals surface area contributed by atoms with E-state index >= 15 is 0 Å². The van der Waals surface area contributed by atoms with Crippen LogP contribution in [0, 0.1) is 5.82 Å². The van der Waals surface area contributed by atoms with Gasteiger partial charge in [0.2, 0.25) is 5.91 Å². The average molecular weight is 395 g/mol. The van der Waals surface area contributed by atoms with Crippen LogP contribution >= 0.6 is 0 Å². The number of imidazole rings is 1. The number of piperidine rings is 1. The van der Waals surface area contributed by atoms with Gasteiger partial charge >= 0.3 is 0 Å². The lowest BCUT2D eigenvalue weighted by molar-refractivity contribution is -0.132. The summed E-state index contributed by atoms with van der Waals surface area (Å²) in [6.45, 7) is 3.39. The predicted molar refractivity (Wildman–Crippen MR) is 111 cm³/mol. The minimum absolute atomic E-state index is 0.204. The summed E-state index contributed by atoms with van der Waals surface area (Å²) in [6, 6.07) is 12.9. The number of hydrogen-bond acceptors (Lipinski definition) is 3. The molecule has 0 atom stereocenters. The van der Waals surface area contributed by atoms with Crippen molar-refractivity contribution in [2.45, 2.75) is 38.6 Å². The van der Waals surface area contributed by atoms with E-state index in [1.807, 2.05) is 42.2 Å². The topological polar surface area (TPSA) is 47.4 Å². The number of likely N-dealkylation sites (tertiary alicyclic amines) is 1. The minimum Gasteiger partial charge on any atom is -0.496 e. The Bertz CT molecular complexity index is 1020. The second-order valence-corrected chi connectivity index (χ2v) is 7.49. The first-order chi connectivity index (χ1) is 14.1. The van der Waals surface area contributed by atoms with Gasteiger partial charge in [-0.25, -0.2) is 9.37 Å². The number of carbonyl (C=O) groups excluding carboxylic acids is 1. The summed E-state index contributed by atoms with van der Waals surface area (Å²) in [7, 11) is 1.66. The van der Waals surface area contributed by atoms with Gasteiger partial charge in [-0.15, -0.1) is 0 Å². The lowest BCUT2D eigenvalue weighted by Crippen LogP contribution is -2.38. The van der Waals surface area contributed by atoms with Gasteiger partial charge in [0.25, 0.3) is 0 Å². The number of rotatable bonds is 5. The Hall–Kier alpha value is -2.89. The maximum atomic E-state index is 13.8. The zero-order valence-electron chi connectivity index (χ0n) is 16.9. The summed E-state index contributed by atoms with van der Waals surface area (Å²) >= 11 is 0. The Labute approximate surface area is 170 Å². The van der Waals surface area contributed by atoms with Crippen molar-refractivity contribution in [3.8, 4) is 5.75 Å². The lowest BCUT2D eigenvalue weighted by atomic mass is 10.0. The molecular formula is C23H26FN3O2. The predicted octanol–water partition coefficient (Wildman–Crippen LogP) is 4.35. The molecule has 0 saturated carbocycles. The van der Waals surface area contributed by atoms with Crippen LogP contribution in [0.25, 0.3) is 11.0 Å². The van der Waals surface area contributed by atoms with Gasteiger partial charge in [-0.2, -0.15) is 0 Å². The average Bonchev–Trinajstić information content (AvgIpc) is 3.10. The van der Waals surface area contributed by atoms with Crippen molar-refractivity contribution in [1.29, 1.82) is 0 Å². The molecule has 0 radical (unpaired) electrons. The lowest BCUT2D eigenvalue weighted by Gasteiger charge is -2.33. The molecule has 0 bridgehead atoms. The summed E-state index contributed by atoms with van der Waals surface area (Å²) < 4.78 is 21.6. The number of hydrogen-bond donors (Lipinski definition) is 0. The second kappa shape index (κ2) is 8.23. The molecule has 1 aliphatic rings. The molecule has 4 rings (SSSR count). The van der Waals surface area contributed by atoms with Gasteiger partial charge in [0.05, 0.1) is 18.1 Å². The van der Waals surface area contributed by atoms with E-state index in [2.05, 4.69) is 4.57 Å². The quantitative estimate of drug-likeness (QED) is 0.645. The highest BCUT2D eigenvalue weighted by Gasteiger charge is 2.26. The highest BCUT2D eigenvalue weighted by atomic mass is 19.1. The fourth-order valence-corrected chi connectivity index (χ4v) is 4.27. The molecule has 6 heteroatoms. The number of methoxy groups -OCH3 is 1. The largest absolute Gasteiger partial charge is 0.496 e. The molecule has 2 aromatic carbocycles. The van der Waals surface area contributed by atoms with Crippen molar-refractivity contribution < 1.29 is 13.9 Å². The van der Waals surface area contributed by atoms with Crippen LogP contribution in [-0.4, -0.2) is 40.6 Å². The zero-order valence-corrected chi connectivity index (χ0v) is 16.9. The van der Waals surface area contributed by atoms with Crippen LogP contribution < -0.4 is 4.74 Å². The van der Waals surface area contributed by atoms with Crippen molar-refractivity contribution in [3.63, 3.8) is 0 Å². The summed E-state index contributed by atoms with van der Waals surface area (Å²) in [5.41, 5.74) is 2.66. The van der Waals surface area contributed by atoms with Crippen LogP contribution in [0.1, 0.15) is 43.6 Å². The molecule has 152 valence electrons. The van der Waals surface area contributed by atoms with Gasteiger partial charge in [-0.05, 0) is 31.0 Å². The van der Waals surface area contributed by atoms with Gasteiger partial charge in [0.15, 0.2) is 0 Å². The Morgan fingerprint density at radius 2 is 1.97 bits per heavy atom. The van der Waals surface area contributed by atoms with Crippen molar-refractivity contribution in [1.82, 2.24) is 14.5 Å². The molecule has 1 saturated heterocycles. The third-order valence-corrected chi connectivity index (χ3v) is 5.75. The third kappa shape index (κ3) is 3.84. The maximum Gasteiger partial charge on any atom is 0.222 e. The van der Waals surface area contributed by atoms with Gasteiger partial charge in [-0.1, -0.05) is 25.1 Å². The van der Waals surface area contributed by atoms with Gasteiger partial charge < -0.3 is 14.2 Å². The van der Waals surface area contributed by atoms with Crippen LogP contribution in [0.3, 0.4) is 0 Å². The summed E-state index contributed by atoms with van der Waals surface area (Å²) in [4.78, 5) is 18.8. The molecule has 0 N–H and O–H groups in total. The molecule has 0 unspecified atom stereocenters. The molecule has 0 spiro atoms. The van der Waals surface area contributed by atoms with E-state index in [4.69, 9.17) is 9.72 Å². The summed E-state index contributed by atoms with van der Waals surface area (Å²) in [5, 5.41) is 0. The van der Waals surface area contributed by atoms with Crippen molar-refractivity contribution >= 4 is 16.9 Å². The molecule has 1 aliphatic heterocycles. The molecule has 29 heavy (non-hydrogen) atoms. The third-order valence-electron chi connectivity index (χ3n) is 5.75. The number of para-hydroxylation sites is 1. The normalized spacial score (nSPS) is 15.1. The highest BCUT2D eigenvalue weighted by molar-refractivity contribution is 5.77. The van der Waals surface area contributed by atoms with E-state index in [1.165, 1.54) is 12.1 Å². The molecule has 5 nitrogen and oxygen atoms in total. The fraction of sp³-hybridized carbons (Fsp3) is 0.391. The molecule has 3 aromatic rings. The van der Waals surface area contributed by atoms with Crippen LogP contribution in [0.4, 0.5) is 4.39 Å². The van der Waals surface area contributed by atoms with Crippen LogP contribution in [0.2, 0.25) is 0 Å². The first-order valence-electron chi connectivity index (χ1n) is 10.2. The number of benzene rings is 2. The monoisotopic (exact) mass is 395 g/mol. The number of carbonyl (C=O) groups is 1. The molecule has 0 aliphatic carbocycles. The van der Waals surface area contributed by atoms with Crippen molar-refractivity contribution in [3.05, 3.63) is 59.7 Å². The van der Waals surface area contributed by atoms with E-state index in [1.54, 1.807) is 7.11 Å². The minimum atomic E-state index is -0.283. The second-order valence-electron chi connectivity index (χ2n) is 7.49. The number of nitrogens with zero attached hydrogens (tertiary/aromatic N) is 3. The first kappa shape index (κ1) is 19.4. The van der Waals surface area contributed by atoms with E-state index in [0.717, 1.165) is 48.6 Å². The van der Waals surface area contributed by atoms with Crippen LogP contribution in [-0.2, 0) is 11.2 Å². The fourth-order valence-electron chi connectivity index (χ4n) is 4.27. The number of aromatic nitrogens is 2. The number of fused-ring (bicyclic) bond motifs is 1. The molecule has 1 amide bonds. The number of ether oxygens (including phenoxy) is 1. The maximum absolute atomic E-state index is 13.8. The van der Waals surface area contributed by atoms with Gasteiger partial charge in [0, 0.05) is 43.6 Å². The Morgan fingerprint density at radius 3 is 2.69 bits per heavy atom. The zero-order chi connectivity index (χ0) is 20.4. The van der Waals surface area contributed by atoms with E-state index < -0.39 is 0 Å². The van der Waals surface area contributed by atoms with Crippen molar-refractivity contribution in [2.24, 2.45) is 0 Å². The molecule has 1 fully saturated rings. The Kier molecular flexibility index (Phi) is 5.51. The Balaban J connectivity index is 1.70. The molecule has 1 aromatic heterocycles. The SMILES string of the molecule is CCC(=O)N1CCC(n2c(Cc3ccccc3OC)nc3cc(F)ccc32)CC1. The van der Waals surface area contributed by atoms with E-state index in [-0.39, 0.29) is 17.8 Å². The number of halogens is 1. The smallest absolute Gasteiger partial charge is 0.222 e. The van der Waals surface area contributed by atoms with E-state index in [9.17, 15) is 9.18 Å². The van der Waals surface area contributed by atoms with Gasteiger partial charge in [-0.3, -0.25) is 4.79 Å². The molecular weight excluding hydrogens is 369 g/mol. The van der Waals surface area contributed by atoms with Crippen LogP contribution in [0.15, 0.2) is 42.5 Å². The summed E-state index contributed by atoms with van der Waals surface area (Å²) in [5.74, 6) is 1.64.